The molecule has 1 aromatic heterocycles. The highest BCUT2D eigenvalue weighted by molar-refractivity contribution is 7.99. The molecule has 1 unspecified atom stereocenters. The van der Waals surface area contributed by atoms with Gasteiger partial charge in [-0.05, 0) is 61.2 Å². The van der Waals surface area contributed by atoms with E-state index in [0.717, 1.165) is 16.1 Å². The number of rotatable bonds is 14. The SMILES string of the molecule is COc1cc(N2CCC(N3C(=O)CCC(N4Cc5c(SCNC(C)=O)cccc5C4=O)C3=O)CC2)ccc1Nc1ncc(Cl)c(Nc2ccccc2P(=O)(OC)OC)n1. The second-order valence-electron chi connectivity index (χ2n) is 14.0. The number of hydrogen-bond acceptors (Lipinski definition) is 14. The first-order chi connectivity index (χ1) is 28.4. The van der Waals surface area contributed by atoms with E-state index in [-0.39, 0.29) is 65.8 Å². The number of thioether (sulfide) groups is 1. The molecule has 3 aliphatic rings. The molecule has 3 aliphatic heterocycles. The summed E-state index contributed by atoms with van der Waals surface area (Å²) in [5, 5.41) is 9.61. The summed E-state index contributed by atoms with van der Waals surface area (Å²) in [5.74, 6) is 0.462. The number of ether oxygens (including phenoxy) is 1. The second kappa shape index (κ2) is 18.0. The van der Waals surface area contributed by atoms with Crippen molar-refractivity contribution >= 4 is 88.7 Å². The van der Waals surface area contributed by atoms with Crippen molar-refractivity contribution < 1.29 is 37.5 Å². The summed E-state index contributed by atoms with van der Waals surface area (Å²) in [6.07, 6.45) is 3.02. The van der Waals surface area contributed by atoms with Gasteiger partial charge in [-0.1, -0.05) is 29.8 Å². The van der Waals surface area contributed by atoms with E-state index in [0.29, 0.717) is 59.8 Å². The van der Waals surface area contributed by atoms with Crippen LogP contribution in [0.1, 0.15) is 48.5 Å². The van der Waals surface area contributed by atoms with E-state index in [1.807, 2.05) is 24.3 Å². The number of para-hydroxylation sites is 1. The van der Waals surface area contributed by atoms with Gasteiger partial charge in [-0.25, -0.2) is 4.98 Å². The highest BCUT2D eigenvalue weighted by Gasteiger charge is 2.45. The van der Waals surface area contributed by atoms with Gasteiger partial charge in [-0.3, -0.25) is 28.6 Å². The first kappa shape index (κ1) is 42.0. The van der Waals surface area contributed by atoms with E-state index >= 15 is 0 Å². The number of nitrogens with zero attached hydrogens (tertiary/aromatic N) is 5. The van der Waals surface area contributed by atoms with Crippen LogP contribution in [0.25, 0.3) is 0 Å². The fourth-order valence-electron chi connectivity index (χ4n) is 7.60. The van der Waals surface area contributed by atoms with E-state index in [4.69, 9.17) is 25.4 Å². The van der Waals surface area contributed by atoms with Crippen molar-refractivity contribution in [3.05, 3.63) is 83.0 Å². The van der Waals surface area contributed by atoms with Crippen LogP contribution in [0.15, 0.2) is 71.8 Å². The first-order valence-electron chi connectivity index (χ1n) is 18.9. The summed E-state index contributed by atoms with van der Waals surface area (Å²) in [6.45, 7) is 2.89. The lowest BCUT2D eigenvalue weighted by Crippen LogP contribution is -2.59. The van der Waals surface area contributed by atoms with Crippen LogP contribution in [0.5, 0.6) is 5.75 Å². The smallest absolute Gasteiger partial charge is 0.362 e. The maximum absolute atomic E-state index is 14.1. The summed E-state index contributed by atoms with van der Waals surface area (Å²) in [4.78, 5) is 67.3. The largest absolute Gasteiger partial charge is 0.494 e. The summed E-state index contributed by atoms with van der Waals surface area (Å²) in [7, 11) is 0.586. The van der Waals surface area contributed by atoms with E-state index in [1.165, 1.54) is 44.0 Å². The van der Waals surface area contributed by atoms with Crippen molar-refractivity contribution in [1.82, 2.24) is 25.1 Å². The third-order valence-electron chi connectivity index (χ3n) is 10.6. The lowest BCUT2D eigenvalue weighted by Gasteiger charge is -2.43. The van der Waals surface area contributed by atoms with Crippen molar-refractivity contribution in [3.8, 4) is 5.75 Å². The number of benzene rings is 3. The summed E-state index contributed by atoms with van der Waals surface area (Å²) >= 11 is 7.90. The molecule has 19 heteroatoms. The minimum atomic E-state index is -3.60. The minimum absolute atomic E-state index is 0.142. The second-order valence-corrected chi connectivity index (χ2v) is 17.6. The molecular formula is C40H44ClN8O8PS. The molecule has 0 radical (unpaired) electrons. The monoisotopic (exact) mass is 862 g/mol. The number of amides is 4. The van der Waals surface area contributed by atoms with Crippen LogP contribution >= 0.6 is 31.0 Å². The standard InChI is InChI=1S/C40H44ClN8O8PS/c1-24(50)43-23-59-35-11-7-8-27-28(35)22-48(38(27)52)32-14-15-36(51)49(39(32)53)25-16-18-47(19-17-25)26-12-13-30(33(20-26)55-2)45-40-42-21-29(41)37(46-40)44-31-9-5-6-10-34(31)58(54,56-3)57-4/h5-13,20-21,25,32H,14-19,22-23H2,1-4H3,(H,43,50)(H2,42,44,45,46). The van der Waals surface area contributed by atoms with E-state index in [1.54, 1.807) is 48.4 Å². The Kier molecular flexibility index (Phi) is 12.8. The van der Waals surface area contributed by atoms with Crippen molar-refractivity contribution in [2.45, 2.75) is 56.1 Å². The van der Waals surface area contributed by atoms with Crippen LogP contribution < -0.4 is 30.9 Å². The predicted molar refractivity (Wildman–Crippen MR) is 225 cm³/mol. The Morgan fingerprint density at radius 2 is 1.73 bits per heavy atom. The molecule has 1 atom stereocenters. The van der Waals surface area contributed by atoms with Crippen molar-refractivity contribution in [1.29, 1.82) is 0 Å². The molecule has 2 saturated heterocycles. The third kappa shape index (κ3) is 8.75. The fourth-order valence-corrected chi connectivity index (χ4v) is 9.93. The lowest BCUT2D eigenvalue weighted by molar-refractivity contribution is -0.155. The number of halogens is 1. The molecule has 310 valence electrons. The van der Waals surface area contributed by atoms with Gasteiger partial charge in [-0.15, -0.1) is 11.8 Å². The topological polar surface area (TPSA) is 185 Å². The number of aromatic nitrogens is 2. The summed E-state index contributed by atoms with van der Waals surface area (Å²) in [5.41, 5.74) is 3.30. The zero-order valence-electron chi connectivity index (χ0n) is 32.9. The first-order valence-corrected chi connectivity index (χ1v) is 21.8. The molecule has 0 bridgehead atoms. The molecule has 4 amide bonds. The number of carbonyl (C=O) groups excluding carboxylic acids is 4. The molecule has 0 saturated carbocycles. The molecule has 3 aromatic carbocycles. The van der Waals surface area contributed by atoms with Gasteiger partial charge in [0, 0.05) is 75.5 Å². The molecule has 16 nitrogen and oxygen atoms in total. The van der Waals surface area contributed by atoms with Crippen molar-refractivity contribution in [3.63, 3.8) is 0 Å². The minimum Gasteiger partial charge on any atom is -0.494 e. The van der Waals surface area contributed by atoms with Crippen LogP contribution in [0.3, 0.4) is 0 Å². The molecule has 7 rings (SSSR count). The molecule has 4 aromatic rings. The van der Waals surface area contributed by atoms with Gasteiger partial charge in [0.25, 0.3) is 11.8 Å². The van der Waals surface area contributed by atoms with Crippen LogP contribution in [0, 0.1) is 0 Å². The van der Waals surface area contributed by atoms with E-state index < -0.39 is 13.6 Å². The number of likely N-dealkylation sites (tertiary alicyclic amines) is 1. The lowest BCUT2D eigenvalue weighted by atomic mass is 9.95. The van der Waals surface area contributed by atoms with E-state index in [9.17, 15) is 23.7 Å². The van der Waals surface area contributed by atoms with E-state index in [2.05, 4.69) is 30.8 Å². The fraction of sp³-hybridized carbons (Fsp3) is 0.350. The van der Waals surface area contributed by atoms with Gasteiger partial charge in [0.15, 0.2) is 5.82 Å². The molecule has 59 heavy (non-hydrogen) atoms. The summed E-state index contributed by atoms with van der Waals surface area (Å²) < 4.78 is 29.4. The predicted octanol–water partition coefficient (Wildman–Crippen LogP) is 6.07. The normalized spacial score (nSPS) is 17.3. The third-order valence-corrected chi connectivity index (χ3v) is 13.8. The zero-order chi connectivity index (χ0) is 41.8. The van der Waals surface area contributed by atoms with Gasteiger partial charge < -0.3 is 39.5 Å². The number of piperidine rings is 2. The Balaban J connectivity index is 0.998. The zero-order valence-corrected chi connectivity index (χ0v) is 35.4. The Bertz CT molecular complexity index is 2320. The number of methoxy groups -OCH3 is 1. The average Bonchev–Trinajstić information content (AvgIpc) is 3.58. The number of carbonyl (C=O) groups is 4. The molecule has 0 aliphatic carbocycles. The van der Waals surface area contributed by atoms with Crippen LogP contribution in [-0.2, 0) is 34.5 Å². The van der Waals surface area contributed by atoms with Gasteiger partial charge in [0.05, 0.1) is 35.9 Å². The maximum atomic E-state index is 14.1. The Morgan fingerprint density at radius 3 is 2.46 bits per heavy atom. The highest BCUT2D eigenvalue weighted by Crippen LogP contribution is 2.47. The molecule has 3 N–H and O–H groups in total. The Morgan fingerprint density at radius 1 is 0.966 bits per heavy atom. The van der Waals surface area contributed by atoms with Crippen molar-refractivity contribution in [2.75, 3.05) is 55.8 Å². The summed E-state index contributed by atoms with van der Waals surface area (Å²) in [6, 6.07) is 17.0. The van der Waals surface area contributed by atoms with Crippen LogP contribution in [0.2, 0.25) is 5.02 Å². The molecule has 2 fully saturated rings. The van der Waals surface area contributed by atoms with Gasteiger partial charge in [0.2, 0.25) is 17.8 Å². The number of nitrogens with one attached hydrogen (secondary N) is 3. The number of hydrogen-bond donors (Lipinski definition) is 3. The number of imide groups is 1. The average molecular weight is 863 g/mol. The van der Waals surface area contributed by atoms with Gasteiger partial charge in [-0.2, -0.15) is 4.98 Å². The van der Waals surface area contributed by atoms with Crippen molar-refractivity contribution in [2.24, 2.45) is 0 Å². The molecular weight excluding hydrogens is 819 g/mol. The Hall–Kier alpha value is -5.19. The molecule has 4 heterocycles. The highest BCUT2D eigenvalue weighted by atomic mass is 35.5. The quantitative estimate of drug-likeness (QED) is 0.0575. The van der Waals surface area contributed by atoms with Gasteiger partial charge in [0.1, 0.15) is 16.8 Å². The molecule has 0 spiro atoms. The van der Waals surface area contributed by atoms with Gasteiger partial charge >= 0.3 is 7.60 Å². The van der Waals surface area contributed by atoms with Crippen LogP contribution in [-0.4, -0.2) is 95.8 Å². The van der Waals surface area contributed by atoms with Crippen LogP contribution in [0.4, 0.5) is 28.8 Å². The maximum Gasteiger partial charge on any atom is 0.362 e. The number of fused-ring (bicyclic) bond motifs is 1. The number of anilines is 5. The Labute approximate surface area is 350 Å².